The van der Waals surface area contributed by atoms with Gasteiger partial charge in [0.15, 0.2) is 0 Å². The van der Waals surface area contributed by atoms with E-state index in [1.54, 1.807) is 23.1 Å². The maximum absolute atomic E-state index is 12.3. The number of fused-ring (bicyclic) bond motifs is 3. The molecule has 24 heavy (non-hydrogen) atoms. The molecule has 2 aromatic carbocycles. The molecule has 3 nitrogen and oxygen atoms in total. The van der Waals surface area contributed by atoms with Crippen molar-refractivity contribution in [1.29, 1.82) is 0 Å². The molecule has 3 aromatic rings. The van der Waals surface area contributed by atoms with E-state index >= 15 is 0 Å². The highest BCUT2D eigenvalue weighted by molar-refractivity contribution is 7.99. The van der Waals surface area contributed by atoms with E-state index in [-0.39, 0.29) is 5.91 Å². The third kappa shape index (κ3) is 3.14. The average molecular weight is 355 g/mol. The highest BCUT2D eigenvalue weighted by Gasteiger charge is 2.20. The first-order valence-corrected chi connectivity index (χ1v) is 9.76. The summed E-state index contributed by atoms with van der Waals surface area (Å²) in [6.45, 7) is 1.30. The van der Waals surface area contributed by atoms with Crippen LogP contribution in [-0.4, -0.2) is 18.2 Å². The molecule has 0 saturated heterocycles. The van der Waals surface area contributed by atoms with Crippen LogP contribution in [-0.2, 0) is 6.61 Å². The molecule has 1 aliphatic heterocycles. The number of hydrogen-bond acceptors (Lipinski definition) is 4. The number of ether oxygens (including phenoxy) is 1. The quantitative estimate of drug-likeness (QED) is 0.740. The van der Waals surface area contributed by atoms with Gasteiger partial charge in [-0.1, -0.05) is 30.3 Å². The van der Waals surface area contributed by atoms with Crippen molar-refractivity contribution in [3.8, 4) is 5.75 Å². The molecule has 122 valence electrons. The van der Waals surface area contributed by atoms with Gasteiger partial charge in [-0.05, 0) is 35.9 Å². The van der Waals surface area contributed by atoms with Crippen LogP contribution >= 0.6 is 23.1 Å². The number of carbonyl (C=O) groups is 1. The lowest BCUT2D eigenvalue weighted by Gasteiger charge is -2.10. The Labute approximate surface area is 149 Å². The summed E-state index contributed by atoms with van der Waals surface area (Å²) in [5, 5.41) is 4.12. The number of benzene rings is 2. The highest BCUT2D eigenvalue weighted by atomic mass is 32.2. The summed E-state index contributed by atoms with van der Waals surface area (Å²) >= 11 is 3.35. The van der Waals surface area contributed by atoms with Crippen LogP contribution in [0.5, 0.6) is 5.75 Å². The number of nitrogens with one attached hydrogen (secondary N) is 1. The SMILES string of the molecule is O=C1NCCCSc2c1sc1ccc(OCc3ccccc3)cc21. The van der Waals surface area contributed by atoms with Crippen molar-refractivity contribution in [1.82, 2.24) is 5.32 Å². The molecule has 0 bridgehead atoms. The summed E-state index contributed by atoms with van der Waals surface area (Å²) < 4.78 is 7.07. The molecule has 2 heterocycles. The van der Waals surface area contributed by atoms with Gasteiger partial charge in [0.05, 0.1) is 0 Å². The Kier molecular flexibility index (Phi) is 4.45. The summed E-state index contributed by atoms with van der Waals surface area (Å²) in [5.41, 5.74) is 1.15. The zero-order valence-electron chi connectivity index (χ0n) is 13.1. The Bertz CT molecular complexity index is 874. The highest BCUT2D eigenvalue weighted by Crippen LogP contribution is 2.40. The molecule has 0 aliphatic carbocycles. The van der Waals surface area contributed by atoms with E-state index in [0.717, 1.165) is 49.9 Å². The lowest BCUT2D eigenvalue weighted by Crippen LogP contribution is -2.25. The molecule has 4 rings (SSSR count). The Morgan fingerprint density at radius 3 is 2.88 bits per heavy atom. The van der Waals surface area contributed by atoms with Crippen LogP contribution in [0.1, 0.15) is 21.7 Å². The second-order valence-electron chi connectivity index (χ2n) is 5.65. The predicted octanol–water partition coefficient (Wildman–Crippen LogP) is 4.71. The van der Waals surface area contributed by atoms with Gasteiger partial charge in [0.2, 0.25) is 0 Å². The van der Waals surface area contributed by atoms with Gasteiger partial charge in [0, 0.05) is 21.5 Å². The number of amides is 1. The molecule has 0 radical (unpaired) electrons. The molecule has 0 saturated carbocycles. The number of carbonyl (C=O) groups excluding carboxylic acids is 1. The smallest absolute Gasteiger partial charge is 0.262 e. The molecule has 1 aliphatic rings. The van der Waals surface area contributed by atoms with Gasteiger partial charge >= 0.3 is 0 Å². The van der Waals surface area contributed by atoms with E-state index in [1.165, 1.54) is 0 Å². The molecule has 5 heteroatoms. The van der Waals surface area contributed by atoms with Crippen LogP contribution in [0.25, 0.3) is 10.1 Å². The van der Waals surface area contributed by atoms with E-state index in [1.807, 2.05) is 24.3 Å². The minimum atomic E-state index is 0.0464. The van der Waals surface area contributed by atoms with Crippen molar-refractivity contribution in [3.05, 3.63) is 59.0 Å². The fraction of sp³-hybridized carbons (Fsp3) is 0.211. The molecular weight excluding hydrogens is 338 g/mol. The van der Waals surface area contributed by atoms with Crippen molar-refractivity contribution in [2.75, 3.05) is 12.3 Å². The third-order valence-electron chi connectivity index (χ3n) is 3.92. The minimum Gasteiger partial charge on any atom is -0.489 e. The van der Waals surface area contributed by atoms with Gasteiger partial charge in [-0.3, -0.25) is 4.79 Å². The normalized spacial score (nSPS) is 14.6. The number of thioether (sulfide) groups is 1. The van der Waals surface area contributed by atoms with Crippen LogP contribution in [0.3, 0.4) is 0 Å². The molecule has 1 N–H and O–H groups in total. The summed E-state index contributed by atoms with van der Waals surface area (Å²) in [5.74, 6) is 1.91. The minimum absolute atomic E-state index is 0.0464. The standard InChI is InChI=1S/C19H17NO2S2/c21-19-18-17(23-10-4-9-20-19)15-11-14(7-8-16(15)24-18)22-12-13-5-2-1-3-6-13/h1-3,5-8,11H,4,9-10,12H2,(H,20,21). The van der Waals surface area contributed by atoms with E-state index in [9.17, 15) is 4.79 Å². The fourth-order valence-electron chi connectivity index (χ4n) is 2.71. The largest absolute Gasteiger partial charge is 0.489 e. The second-order valence-corrected chi connectivity index (χ2v) is 7.81. The van der Waals surface area contributed by atoms with Gasteiger partial charge in [0.25, 0.3) is 5.91 Å². The van der Waals surface area contributed by atoms with Crippen LogP contribution in [0.4, 0.5) is 0 Å². The first-order chi connectivity index (χ1) is 11.8. The van der Waals surface area contributed by atoms with Crippen molar-refractivity contribution in [3.63, 3.8) is 0 Å². The summed E-state index contributed by atoms with van der Waals surface area (Å²) in [7, 11) is 0. The first kappa shape index (κ1) is 15.5. The molecule has 1 amide bonds. The zero-order valence-corrected chi connectivity index (χ0v) is 14.7. The molecule has 0 unspecified atom stereocenters. The monoisotopic (exact) mass is 355 g/mol. The topological polar surface area (TPSA) is 38.3 Å². The second kappa shape index (κ2) is 6.87. The predicted molar refractivity (Wildman–Crippen MR) is 100 cm³/mol. The zero-order chi connectivity index (χ0) is 16.4. The lowest BCUT2D eigenvalue weighted by molar-refractivity contribution is 0.0955. The van der Waals surface area contributed by atoms with Crippen molar-refractivity contribution in [2.24, 2.45) is 0 Å². The fourth-order valence-corrected chi connectivity index (χ4v) is 5.11. The molecule has 0 atom stereocenters. The van der Waals surface area contributed by atoms with Crippen LogP contribution < -0.4 is 10.1 Å². The van der Waals surface area contributed by atoms with Crippen molar-refractivity contribution < 1.29 is 9.53 Å². The number of rotatable bonds is 3. The van der Waals surface area contributed by atoms with Crippen LogP contribution in [0.15, 0.2) is 53.4 Å². The van der Waals surface area contributed by atoms with Crippen LogP contribution in [0.2, 0.25) is 0 Å². The molecular formula is C19H17NO2S2. The van der Waals surface area contributed by atoms with Gasteiger partial charge in [-0.2, -0.15) is 0 Å². The molecule has 0 spiro atoms. The van der Waals surface area contributed by atoms with Crippen molar-refractivity contribution in [2.45, 2.75) is 17.9 Å². The van der Waals surface area contributed by atoms with Gasteiger partial charge in [-0.15, -0.1) is 23.1 Å². The van der Waals surface area contributed by atoms with Gasteiger partial charge < -0.3 is 10.1 Å². The first-order valence-electron chi connectivity index (χ1n) is 7.95. The average Bonchev–Trinajstić information content (AvgIpc) is 2.96. The van der Waals surface area contributed by atoms with Gasteiger partial charge in [-0.25, -0.2) is 0 Å². The maximum atomic E-state index is 12.3. The molecule has 0 fully saturated rings. The Morgan fingerprint density at radius 1 is 1.12 bits per heavy atom. The van der Waals surface area contributed by atoms with Gasteiger partial charge in [0.1, 0.15) is 17.2 Å². The van der Waals surface area contributed by atoms with E-state index < -0.39 is 0 Å². The number of hydrogen-bond donors (Lipinski definition) is 1. The Hall–Kier alpha value is -1.98. The Morgan fingerprint density at radius 2 is 2.00 bits per heavy atom. The summed E-state index contributed by atoms with van der Waals surface area (Å²) in [4.78, 5) is 14.2. The third-order valence-corrected chi connectivity index (χ3v) is 6.43. The van der Waals surface area contributed by atoms with E-state index in [0.29, 0.717) is 6.61 Å². The van der Waals surface area contributed by atoms with Crippen LogP contribution in [0, 0.1) is 0 Å². The molecule has 1 aromatic heterocycles. The summed E-state index contributed by atoms with van der Waals surface area (Å²) in [6, 6.07) is 16.2. The van der Waals surface area contributed by atoms with E-state index in [4.69, 9.17) is 4.74 Å². The lowest BCUT2D eigenvalue weighted by atomic mass is 10.2. The number of thiophene rings is 1. The summed E-state index contributed by atoms with van der Waals surface area (Å²) in [6.07, 6.45) is 0.997. The van der Waals surface area contributed by atoms with E-state index in [2.05, 4.69) is 29.6 Å². The van der Waals surface area contributed by atoms with Crippen molar-refractivity contribution >= 4 is 39.1 Å². The maximum Gasteiger partial charge on any atom is 0.262 e. The Balaban J connectivity index is 1.64.